The number of amides is 2. The Hall–Kier alpha value is -3.26. The first kappa shape index (κ1) is 14.2. The van der Waals surface area contributed by atoms with Crippen LogP contribution in [0.2, 0.25) is 0 Å². The maximum atomic E-state index is 11.7. The predicted octanol–water partition coefficient (Wildman–Crippen LogP) is 0.614. The molecule has 2 amide bonds. The minimum atomic E-state index is -1.34. The second-order valence-corrected chi connectivity index (χ2v) is 4.41. The van der Waals surface area contributed by atoms with Crippen LogP contribution in [0.15, 0.2) is 24.3 Å². The number of imide groups is 1. The molecule has 2 rings (SSSR count). The molecule has 8 heteroatoms. The summed E-state index contributed by atoms with van der Waals surface area (Å²) < 4.78 is 0. The molecule has 2 atom stereocenters. The summed E-state index contributed by atoms with van der Waals surface area (Å²) in [5.74, 6) is -5.54. The van der Waals surface area contributed by atoms with Gasteiger partial charge in [0, 0.05) is 17.5 Å². The molecule has 1 aromatic carbocycles. The molecule has 1 fully saturated rings. The highest BCUT2D eigenvalue weighted by Crippen LogP contribution is 2.39. The molecule has 1 heterocycles. The number of hydrogen-bond acceptors (Lipinski definition) is 6. The minimum absolute atomic E-state index is 0.0313. The number of nitrogens with one attached hydrogen (secondary N) is 1. The number of nitrogens with zero attached hydrogens (tertiary/aromatic N) is 3. The Balaban J connectivity index is 2.64. The standard InChI is InChI=1S/C13H8N4O4/c14-5-8-11(9(6-15)13(19)16-12(8)18)7-3-1-2-4-10(7)17(20)21/h1-4,8-9,11H,(H,16,18,19). The third kappa shape index (κ3) is 2.30. The van der Waals surface area contributed by atoms with Crippen molar-refractivity contribution in [2.45, 2.75) is 5.92 Å². The molecule has 0 aromatic heterocycles. The van der Waals surface area contributed by atoms with Gasteiger partial charge in [-0.15, -0.1) is 0 Å². The largest absolute Gasteiger partial charge is 0.294 e. The van der Waals surface area contributed by atoms with Crippen LogP contribution in [0.5, 0.6) is 0 Å². The summed E-state index contributed by atoms with van der Waals surface area (Å²) in [5.41, 5.74) is -0.297. The monoisotopic (exact) mass is 284 g/mol. The van der Waals surface area contributed by atoms with Crippen molar-refractivity contribution in [3.63, 3.8) is 0 Å². The van der Waals surface area contributed by atoms with E-state index in [1.165, 1.54) is 24.3 Å². The SMILES string of the molecule is N#CC1C(=O)NC(=O)C(C#N)C1c1ccccc1[N+](=O)[O-]. The second-order valence-electron chi connectivity index (χ2n) is 4.41. The molecule has 104 valence electrons. The molecule has 0 radical (unpaired) electrons. The number of nitro groups is 1. The Kier molecular flexibility index (Phi) is 3.63. The number of benzene rings is 1. The highest BCUT2D eigenvalue weighted by Gasteiger charge is 2.47. The van der Waals surface area contributed by atoms with Crippen molar-refractivity contribution >= 4 is 17.5 Å². The molecule has 1 saturated heterocycles. The first-order valence-electron chi connectivity index (χ1n) is 5.88. The van der Waals surface area contributed by atoms with Gasteiger partial charge in [0.15, 0.2) is 0 Å². The zero-order chi connectivity index (χ0) is 15.6. The molecular weight excluding hydrogens is 276 g/mol. The number of nitriles is 2. The van der Waals surface area contributed by atoms with Gasteiger partial charge in [0.25, 0.3) is 5.69 Å². The third-order valence-electron chi connectivity index (χ3n) is 3.30. The van der Waals surface area contributed by atoms with Crippen LogP contribution in [-0.4, -0.2) is 16.7 Å². The lowest BCUT2D eigenvalue weighted by Crippen LogP contribution is -2.49. The van der Waals surface area contributed by atoms with Gasteiger partial charge in [-0.25, -0.2) is 0 Å². The van der Waals surface area contributed by atoms with Crippen LogP contribution in [0, 0.1) is 44.6 Å². The van der Waals surface area contributed by atoms with E-state index in [1.807, 2.05) is 5.32 Å². The number of carbonyl (C=O) groups excluding carboxylic acids is 2. The van der Waals surface area contributed by atoms with Gasteiger partial charge in [0.05, 0.1) is 17.1 Å². The van der Waals surface area contributed by atoms with Crippen LogP contribution in [0.4, 0.5) is 5.69 Å². The molecule has 0 bridgehead atoms. The fourth-order valence-corrected chi connectivity index (χ4v) is 2.37. The second kappa shape index (κ2) is 5.39. The molecule has 0 aliphatic carbocycles. The van der Waals surface area contributed by atoms with Crippen molar-refractivity contribution in [1.29, 1.82) is 10.5 Å². The zero-order valence-electron chi connectivity index (χ0n) is 10.5. The van der Waals surface area contributed by atoms with Crippen molar-refractivity contribution in [3.05, 3.63) is 39.9 Å². The molecule has 1 N–H and O–H groups in total. The molecule has 0 saturated carbocycles. The summed E-state index contributed by atoms with van der Waals surface area (Å²) in [4.78, 5) is 33.9. The summed E-state index contributed by atoms with van der Waals surface area (Å²) in [5, 5.41) is 31.3. The van der Waals surface area contributed by atoms with E-state index in [0.717, 1.165) is 0 Å². The van der Waals surface area contributed by atoms with Crippen LogP contribution in [-0.2, 0) is 9.59 Å². The van der Waals surface area contributed by atoms with Crippen LogP contribution in [0.1, 0.15) is 11.5 Å². The van der Waals surface area contributed by atoms with Crippen LogP contribution in [0.3, 0.4) is 0 Å². The van der Waals surface area contributed by atoms with Crippen molar-refractivity contribution in [2.75, 3.05) is 0 Å². The summed E-state index contributed by atoms with van der Waals surface area (Å²) in [6.45, 7) is 0. The fourth-order valence-electron chi connectivity index (χ4n) is 2.37. The van der Waals surface area contributed by atoms with Crippen molar-refractivity contribution in [2.24, 2.45) is 11.8 Å². The average molecular weight is 284 g/mol. The third-order valence-corrected chi connectivity index (χ3v) is 3.30. The van der Waals surface area contributed by atoms with Gasteiger partial charge in [0.2, 0.25) is 11.8 Å². The molecular formula is C13H8N4O4. The van der Waals surface area contributed by atoms with Crippen molar-refractivity contribution < 1.29 is 14.5 Å². The predicted molar refractivity (Wildman–Crippen MR) is 67.2 cm³/mol. The lowest BCUT2D eigenvalue weighted by atomic mass is 9.74. The fraction of sp³-hybridized carbons (Fsp3) is 0.231. The maximum Gasteiger partial charge on any atom is 0.272 e. The highest BCUT2D eigenvalue weighted by atomic mass is 16.6. The smallest absolute Gasteiger partial charge is 0.272 e. The quantitative estimate of drug-likeness (QED) is 0.480. The van der Waals surface area contributed by atoms with E-state index < -0.39 is 34.5 Å². The molecule has 8 nitrogen and oxygen atoms in total. The normalized spacial score (nSPS) is 24.6. The summed E-state index contributed by atoms with van der Waals surface area (Å²) >= 11 is 0. The topological polar surface area (TPSA) is 137 Å². The Morgan fingerprint density at radius 3 is 2.10 bits per heavy atom. The van der Waals surface area contributed by atoms with Crippen LogP contribution >= 0.6 is 0 Å². The summed E-state index contributed by atoms with van der Waals surface area (Å²) in [7, 11) is 0. The van der Waals surface area contributed by atoms with Crippen molar-refractivity contribution in [3.8, 4) is 12.1 Å². The van der Waals surface area contributed by atoms with E-state index in [4.69, 9.17) is 10.5 Å². The first-order valence-corrected chi connectivity index (χ1v) is 5.88. The van der Waals surface area contributed by atoms with Gasteiger partial charge < -0.3 is 0 Å². The number of para-hydroxylation sites is 1. The summed E-state index contributed by atoms with van der Waals surface area (Å²) in [6, 6.07) is 8.90. The number of carbonyl (C=O) groups is 2. The van der Waals surface area contributed by atoms with Crippen molar-refractivity contribution in [1.82, 2.24) is 5.32 Å². The van der Waals surface area contributed by atoms with Crippen LogP contribution < -0.4 is 5.32 Å². The lowest BCUT2D eigenvalue weighted by molar-refractivity contribution is -0.385. The maximum absolute atomic E-state index is 11.7. The molecule has 1 aliphatic rings. The van der Waals surface area contributed by atoms with E-state index >= 15 is 0 Å². The van der Waals surface area contributed by atoms with Crippen LogP contribution in [0.25, 0.3) is 0 Å². The number of hydrogen-bond donors (Lipinski definition) is 1. The Morgan fingerprint density at radius 1 is 1.10 bits per heavy atom. The van der Waals surface area contributed by atoms with E-state index in [1.54, 1.807) is 12.1 Å². The molecule has 2 unspecified atom stereocenters. The van der Waals surface area contributed by atoms with Gasteiger partial charge in [-0.05, 0) is 0 Å². The first-order chi connectivity index (χ1) is 10.0. The highest BCUT2D eigenvalue weighted by molar-refractivity contribution is 6.03. The molecule has 21 heavy (non-hydrogen) atoms. The Bertz CT molecular complexity index is 684. The van der Waals surface area contributed by atoms with E-state index in [9.17, 15) is 19.7 Å². The zero-order valence-corrected chi connectivity index (χ0v) is 10.5. The molecule has 0 spiro atoms. The summed E-state index contributed by atoms with van der Waals surface area (Å²) in [6.07, 6.45) is 0. The molecule has 1 aromatic rings. The van der Waals surface area contributed by atoms with Gasteiger partial charge in [0.1, 0.15) is 11.8 Å². The van der Waals surface area contributed by atoms with Gasteiger partial charge in [-0.2, -0.15) is 10.5 Å². The number of piperidine rings is 1. The van der Waals surface area contributed by atoms with Gasteiger partial charge in [-0.3, -0.25) is 25.0 Å². The Morgan fingerprint density at radius 2 is 1.62 bits per heavy atom. The van der Waals surface area contributed by atoms with E-state index in [-0.39, 0.29) is 11.3 Å². The number of nitro benzene ring substituents is 1. The van der Waals surface area contributed by atoms with Gasteiger partial charge in [-0.1, -0.05) is 18.2 Å². The van der Waals surface area contributed by atoms with E-state index in [0.29, 0.717) is 0 Å². The lowest BCUT2D eigenvalue weighted by Gasteiger charge is -2.29. The van der Waals surface area contributed by atoms with Gasteiger partial charge >= 0.3 is 0 Å². The average Bonchev–Trinajstić information content (AvgIpc) is 2.46. The van der Waals surface area contributed by atoms with E-state index in [2.05, 4.69) is 0 Å². The number of rotatable bonds is 2. The Labute approximate surface area is 118 Å². The molecule has 1 aliphatic heterocycles. The minimum Gasteiger partial charge on any atom is -0.294 e.